The zero-order valence-electron chi connectivity index (χ0n) is 12.2. The smallest absolute Gasteiger partial charge is 0.277 e. The molecular formula is C17H18N2O2. The molecule has 0 saturated heterocycles. The third-order valence-corrected chi connectivity index (χ3v) is 3.03. The molecule has 2 aromatic rings. The maximum atomic E-state index is 11.7. The van der Waals surface area contributed by atoms with E-state index in [1.807, 2.05) is 62.4 Å². The van der Waals surface area contributed by atoms with E-state index in [0.717, 1.165) is 16.7 Å². The normalized spacial score (nSPS) is 10.6. The highest BCUT2D eigenvalue weighted by molar-refractivity contribution is 5.84. The number of para-hydroxylation sites is 1. The summed E-state index contributed by atoms with van der Waals surface area (Å²) in [4.78, 5) is 11.7. The predicted molar refractivity (Wildman–Crippen MR) is 83.6 cm³/mol. The van der Waals surface area contributed by atoms with Gasteiger partial charge in [0, 0.05) is 0 Å². The quantitative estimate of drug-likeness (QED) is 0.677. The number of benzene rings is 2. The Bertz CT molecular complexity index is 651. The standard InChI is InChI=1S/C17H18N2O2/c1-13-7-3-5-9-15(13)11-18-19-17(20)12-21-16-10-6-4-8-14(16)2/h3-11H,12H2,1-2H3,(H,19,20). The van der Waals surface area contributed by atoms with E-state index >= 15 is 0 Å². The van der Waals surface area contributed by atoms with Crippen molar-refractivity contribution >= 4 is 12.1 Å². The number of aryl methyl sites for hydroxylation is 2. The summed E-state index contributed by atoms with van der Waals surface area (Å²) in [5.74, 6) is 0.415. The van der Waals surface area contributed by atoms with Crippen LogP contribution in [0.1, 0.15) is 16.7 Å². The van der Waals surface area contributed by atoms with Crippen molar-refractivity contribution in [3.63, 3.8) is 0 Å². The number of hydrazone groups is 1. The van der Waals surface area contributed by atoms with E-state index in [4.69, 9.17) is 4.74 Å². The number of carbonyl (C=O) groups excluding carboxylic acids is 1. The molecule has 0 aromatic heterocycles. The lowest BCUT2D eigenvalue weighted by Gasteiger charge is -2.07. The van der Waals surface area contributed by atoms with Gasteiger partial charge >= 0.3 is 0 Å². The van der Waals surface area contributed by atoms with Crippen LogP contribution >= 0.6 is 0 Å². The van der Waals surface area contributed by atoms with Crippen molar-refractivity contribution in [1.29, 1.82) is 0 Å². The van der Waals surface area contributed by atoms with Gasteiger partial charge in [0.15, 0.2) is 6.61 Å². The Labute approximate surface area is 124 Å². The highest BCUT2D eigenvalue weighted by Crippen LogP contribution is 2.15. The van der Waals surface area contributed by atoms with Crippen molar-refractivity contribution in [3.05, 3.63) is 65.2 Å². The van der Waals surface area contributed by atoms with Gasteiger partial charge in [-0.2, -0.15) is 5.10 Å². The van der Waals surface area contributed by atoms with Gasteiger partial charge in [-0.3, -0.25) is 4.79 Å². The van der Waals surface area contributed by atoms with Crippen molar-refractivity contribution < 1.29 is 9.53 Å². The van der Waals surface area contributed by atoms with Crippen molar-refractivity contribution in [2.24, 2.45) is 5.10 Å². The lowest BCUT2D eigenvalue weighted by Crippen LogP contribution is -2.24. The molecule has 4 nitrogen and oxygen atoms in total. The molecule has 1 N–H and O–H groups in total. The van der Waals surface area contributed by atoms with Gasteiger partial charge in [0.2, 0.25) is 0 Å². The first kappa shape index (κ1) is 14.8. The molecule has 21 heavy (non-hydrogen) atoms. The van der Waals surface area contributed by atoms with E-state index in [1.54, 1.807) is 6.21 Å². The number of ether oxygens (including phenoxy) is 1. The van der Waals surface area contributed by atoms with Gasteiger partial charge in [-0.1, -0.05) is 42.5 Å². The molecule has 0 radical (unpaired) electrons. The van der Waals surface area contributed by atoms with E-state index in [1.165, 1.54) is 0 Å². The molecule has 0 atom stereocenters. The average Bonchev–Trinajstić information content (AvgIpc) is 2.48. The van der Waals surface area contributed by atoms with Crippen LogP contribution in [0.25, 0.3) is 0 Å². The number of amides is 1. The van der Waals surface area contributed by atoms with Gasteiger partial charge < -0.3 is 4.74 Å². The number of carbonyl (C=O) groups is 1. The highest BCUT2D eigenvalue weighted by atomic mass is 16.5. The summed E-state index contributed by atoms with van der Waals surface area (Å²) in [6, 6.07) is 15.4. The molecule has 0 fully saturated rings. The minimum atomic E-state index is -0.289. The first-order chi connectivity index (χ1) is 10.2. The van der Waals surface area contributed by atoms with E-state index in [2.05, 4.69) is 10.5 Å². The Hall–Kier alpha value is -2.62. The molecule has 0 spiro atoms. The van der Waals surface area contributed by atoms with Crippen molar-refractivity contribution in [1.82, 2.24) is 5.43 Å². The van der Waals surface area contributed by atoms with Crippen molar-refractivity contribution in [2.75, 3.05) is 6.61 Å². The molecule has 0 aliphatic heterocycles. The predicted octanol–water partition coefficient (Wildman–Crippen LogP) is 2.83. The van der Waals surface area contributed by atoms with Crippen LogP contribution in [0.15, 0.2) is 53.6 Å². The first-order valence-electron chi connectivity index (χ1n) is 6.73. The molecule has 0 unspecified atom stereocenters. The summed E-state index contributed by atoms with van der Waals surface area (Å²) in [5.41, 5.74) is 5.52. The summed E-state index contributed by atoms with van der Waals surface area (Å²) in [6.07, 6.45) is 1.63. The molecule has 0 aliphatic carbocycles. The first-order valence-corrected chi connectivity index (χ1v) is 6.73. The van der Waals surface area contributed by atoms with E-state index < -0.39 is 0 Å². The van der Waals surface area contributed by atoms with Gasteiger partial charge in [-0.05, 0) is 36.6 Å². The van der Waals surface area contributed by atoms with E-state index in [9.17, 15) is 4.79 Å². The molecule has 0 bridgehead atoms. The molecule has 0 saturated carbocycles. The summed E-state index contributed by atoms with van der Waals surface area (Å²) in [7, 11) is 0. The zero-order valence-corrected chi connectivity index (χ0v) is 12.2. The summed E-state index contributed by atoms with van der Waals surface area (Å²) < 4.78 is 5.44. The molecule has 0 heterocycles. The Morgan fingerprint density at radius 3 is 2.48 bits per heavy atom. The fourth-order valence-electron chi connectivity index (χ4n) is 1.80. The van der Waals surface area contributed by atoms with Gasteiger partial charge in [0.05, 0.1) is 6.21 Å². The lowest BCUT2D eigenvalue weighted by molar-refractivity contribution is -0.123. The van der Waals surface area contributed by atoms with Gasteiger partial charge in [0.25, 0.3) is 5.91 Å². The van der Waals surface area contributed by atoms with Crippen LogP contribution in [0, 0.1) is 13.8 Å². The third kappa shape index (κ3) is 4.45. The molecule has 4 heteroatoms. The van der Waals surface area contributed by atoms with Crippen molar-refractivity contribution in [3.8, 4) is 5.75 Å². The number of rotatable bonds is 5. The summed E-state index contributed by atoms with van der Waals surface area (Å²) >= 11 is 0. The van der Waals surface area contributed by atoms with Crippen LogP contribution in [-0.2, 0) is 4.79 Å². The molecule has 2 rings (SSSR count). The molecule has 0 aliphatic rings. The maximum Gasteiger partial charge on any atom is 0.277 e. The zero-order chi connectivity index (χ0) is 15.1. The monoisotopic (exact) mass is 282 g/mol. The average molecular weight is 282 g/mol. The van der Waals surface area contributed by atoms with Crippen LogP contribution in [0.3, 0.4) is 0 Å². The molecule has 2 aromatic carbocycles. The maximum absolute atomic E-state index is 11.7. The molecule has 1 amide bonds. The van der Waals surface area contributed by atoms with Gasteiger partial charge in [-0.25, -0.2) is 5.43 Å². The van der Waals surface area contributed by atoms with E-state index in [-0.39, 0.29) is 12.5 Å². The fraction of sp³-hybridized carbons (Fsp3) is 0.176. The summed E-state index contributed by atoms with van der Waals surface area (Å²) in [5, 5.41) is 3.93. The largest absolute Gasteiger partial charge is 0.483 e. The van der Waals surface area contributed by atoms with Crippen LogP contribution in [0.4, 0.5) is 0 Å². The van der Waals surface area contributed by atoms with Crippen LogP contribution < -0.4 is 10.2 Å². The number of hydrogen-bond acceptors (Lipinski definition) is 3. The second kappa shape index (κ2) is 7.24. The minimum absolute atomic E-state index is 0.0596. The molecule has 108 valence electrons. The Balaban J connectivity index is 1.83. The topological polar surface area (TPSA) is 50.7 Å². The third-order valence-electron chi connectivity index (χ3n) is 3.03. The lowest BCUT2D eigenvalue weighted by atomic mass is 10.1. The SMILES string of the molecule is Cc1ccccc1C=NNC(=O)COc1ccccc1C. The second-order valence-corrected chi connectivity index (χ2v) is 4.70. The number of nitrogens with zero attached hydrogens (tertiary/aromatic N) is 1. The number of hydrogen-bond donors (Lipinski definition) is 1. The van der Waals surface area contributed by atoms with Crippen LogP contribution in [-0.4, -0.2) is 18.7 Å². The number of nitrogens with one attached hydrogen (secondary N) is 1. The Morgan fingerprint density at radius 2 is 1.76 bits per heavy atom. The van der Waals surface area contributed by atoms with Crippen molar-refractivity contribution in [2.45, 2.75) is 13.8 Å². The Morgan fingerprint density at radius 1 is 1.10 bits per heavy atom. The van der Waals surface area contributed by atoms with Gasteiger partial charge in [0.1, 0.15) is 5.75 Å². The van der Waals surface area contributed by atoms with Crippen LogP contribution in [0.2, 0.25) is 0 Å². The highest BCUT2D eigenvalue weighted by Gasteiger charge is 2.03. The Kier molecular flexibility index (Phi) is 5.10. The minimum Gasteiger partial charge on any atom is -0.483 e. The second-order valence-electron chi connectivity index (χ2n) is 4.70. The van der Waals surface area contributed by atoms with E-state index in [0.29, 0.717) is 5.75 Å². The van der Waals surface area contributed by atoms with Gasteiger partial charge in [-0.15, -0.1) is 0 Å². The summed E-state index contributed by atoms with van der Waals surface area (Å²) in [6.45, 7) is 3.87. The van der Waals surface area contributed by atoms with Crippen LogP contribution in [0.5, 0.6) is 5.75 Å². The molecular weight excluding hydrogens is 264 g/mol. The fourth-order valence-corrected chi connectivity index (χ4v) is 1.80.